The first-order valence-corrected chi connectivity index (χ1v) is 12.2. The van der Waals surface area contributed by atoms with Gasteiger partial charge in [-0.15, -0.1) is 11.8 Å². The van der Waals surface area contributed by atoms with Gasteiger partial charge in [-0.3, -0.25) is 9.52 Å². The highest BCUT2D eigenvalue weighted by Crippen LogP contribution is 2.32. The van der Waals surface area contributed by atoms with Gasteiger partial charge in [0, 0.05) is 16.4 Å². The maximum atomic E-state index is 13.1. The molecule has 0 aromatic heterocycles. The van der Waals surface area contributed by atoms with Crippen molar-refractivity contribution in [1.82, 2.24) is 0 Å². The van der Waals surface area contributed by atoms with Gasteiger partial charge in [0.15, 0.2) is 0 Å². The lowest BCUT2D eigenvalue weighted by Crippen LogP contribution is -2.19. The van der Waals surface area contributed by atoms with Gasteiger partial charge in [-0.05, 0) is 36.1 Å². The van der Waals surface area contributed by atoms with Crippen molar-refractivity contribution in [3.8, 4) is 11.1 Å². The lowest BCUT2D eigenvalue weighted by atomic mass is 10.0. The number of thioether (sulfide) groups is 1. The van der Waals surface area contributed by atoms with Gasteiger partial charge in [-0.1, -0.05) is 62.4 Å². The largest absolute Gasteiger partial charge is 0.325 e. The summed E-state index contributed by atoms with van der Waals surface area (Å²) in [5, 5.41) is 2.82. The third-order valence-corrected chi connectivity index (χ3v) is 6.68. The second-order valence-electron chi connectivity index (χ2n) is 7.02. The molecule has 0 saturated heterocycles. The molecule has 0 radical (unpaired) electrons. The minimum atomic E-state index is -3.86. The van der Waals surface area contributed by atoms with Gasteiger partial charge >= 0.3 is 0 Å². The number of nitrogens with one attached hydrogen (secondary N) is 2. The molecule has 30 heavy (non-hydrogen) atoms. The molecule has 0 aliphatic carbocycles. The minimum Gasteiger partial charge on any atom is -0.325 e. The summed E-state index contributed by atoms with van der Waals surface area (Å²) in [5.74, 6) is -0.377. The van der Waals surface area contributed by atoms with Crippen molar-refractivity contribution >= 4 is 39.1 Å². The van der Waals surface area contributed by atoms with Gasteiger partial charge in [0.25, 0.3) is 10.0 Å². The predicted octanol–water partition coefficient (Wildman–Crippen LogP) is 5.47. The van der Waals surface area contributed by atoms with Crippen LogP contribution in [0.1, 0.15) is 13.8 Å². The van der Waals surface area contributed by atoms with Crippen molar-refractivity contribution in [2.75, 3.05) is 16.3 Å². The lowest BCUT2D eigenvalue weighted by Gasteiger charge is -2.15. The first-order valence-electron chi connectivity index (χ1n) is 9.48. The summed E-state index contributed by atoms with van der Waals surface area (Å²) >= 11 is 1.44. The number of benzene rings is 3. The number of sulfonamides is 1. The van der Waals surface area contributed by atoms with Gasteiger partial charge in [0.1, 0.15) is 0 Å². The molecule has 0 spiro atoms. The molecule has 0 saturated carbocycles. The summed E-state index contributed by atoms with van der Waals surface area (Å²) in [4.78, 5) is 13.0. The number of carbonyl (C=O) groups is 1. The van der Waals surface area contributed by atoms with Crippen LogP contribution in [0.4, 0.5) is 11.4 Å². The number of para-hydroxylation sites is 1. The molecule has 1 amide bonds. The molecule has 3 rings (SSSR count). The first-order chi connectivity index (χ1) is 14.3. The molecule has 156 valence electrons. The summed E-state index contributed by atoms with van der Waals surface area (Å²) in [7, 11) is -3.86. The predicted molar refractivity (Wildman–Crippen MR) is 124 cm³/mol. The van der Waals surface area contributed by atoms with E-state index in [9.17, 15) is 13.2 Å². The van der Waals surface area contributed by atoms with Crippen molar-refractivity contribution < 1.29 is 13.2 Å². The highest BCUT2D eigenvalue weighted by atomic mass is 32.2. The number of hydrogen-bond acceptors (Lipinski definition) is 4. The van der Waals surface area contributed by atoms with Crippen molar-refractivity contribution in [1.29, 1.82) is 0 Å². The zero-order valence-electron chi connectivity index (χ0n) is 17.0. The molecular weight excluding hydrogens is 416 g/mol. The fourth-order valence-corrected chi connectivity index (χ4v) is 4.51. The third-order valence-electron chi connectivity index (χ3n) is 4.52. The molecule has 0 bridgehead atoms. The van der Waals surface area contributed by atoms with Gasteiger partial charge in [-0.25, -0.2) is 8.42 Å². The second kappa shape index (κ2) is 9.36. The van der Waals surface area contributed by atoms with Gasteiger partial charge < -0.3 is 5.32 Å². The molecule has 0 aliphatic rings. The van der Waals surface area contributed by atoms with Crippen LogP contribution < -0.4 is 10.0 Å². The summed E-state index contributed by atoms with van der Waals surface area (Å²) in [6.07, 6.45) is 1.88. The molecule has 7 heteroatoms. The van der Waals surface area contributed by atoms with Gasteiger partial charge in [0.2, 0.25) is 5.91 Å². The van der Waals surface area contributed by atoms with Crippen molar-refractivity contribution in [2.45, 2.75) is 23.6 Å². The summed E-state index contributed by atoms with van der Waals surface area (Å²) in [6, 6.07) is 21.6. The Morgan fingerprint density at radius 1 is 0.900 bits per heavy atom. The smallest absolute Gasteiger partial charge is 0.261 e. The van der Waals surface area contributed by atoms with Crippen molar-refractivity contribution in [3.05, 3.63) is 72.8 Å². The van der Waals surface area contributed by atoms with Gasteiger partial charge in [0.05, 0.1) is 16.3 Å². The number of amides is 1. The van der Waals surface area contributed by atoms with Crippen LogP contribution in [-0.2, 0) is 14.8 Å². The Kier molecular flexibility index (Phi) is 6.84. The molecule has 3 aromatic rings. The molecular formula is C23H24N2O3S2. The zero-order valence-corrected chi connectivity index (χ0v) is 18.7. The number of anilines is 2. The second-order valence-corrected chi connectivity index (χ2v) is 9.55. The standard InChI is InChI=1S/C23H24N2O3S2/c1-16(2)23(26)24-21-15-18(13-14-22(21)29-3)30(27,28)25-20-12-8-7-11-19(20)17-9-5-4-6-10-17/h4-16,25H,1-3H3,(H,24,26). The van der Waals surface area contributed by atoms with E-state index in [4.69, 9.17) is 0 Å². The molecule has 0 heterocycles. The Bertz CT molecular complexity index is 1140. The highest BCUT2D eigenvalue weighted by molar-refractivity contribution is 7.98. The van der Waals surface area contributed by atoms with E-state index in [1.807, 2.05) is 48.7 Å². The molecule has 0 aliphatic heterocycles. The van der Waals surface area contributed by atoms with Crippen LogP contribution in [0.15, 0.2) is 82.6 Å². The fraction of sp³-hybridized carbons (Fsp3) is 0.174. The number of carbonyl (C=O) groups excluding carboxylic acids is 1. The summed E-state index contributed by atoms with van der Waals surface area (Å²) in [6.45, 7) is 3.58. The quantitative estimate of drug-likeness (QED) is 0.478. The molecule has 0 fully saturated rings. The van der Waals surface area contributed by atoms with Crippen LogP contribution >= 0.6 is 11.8 Å². The van der Waals surface area contributed by atoms with Crippen LogP contribution in [-0.4, -0.2) is 20.6 Å². The Labute approximate surface area is 182 Å². The van der Waals surface area contributed by atoms with E-state index in [2.05, 4.69) is 10.0 Å². The van der Waals surface area contributed by atoms with Crippen LogP contribution in [0.5, 0.6) is 0 Å². The molecule has 5 nitrogen and oxygen atoms in total. The Morgan fingerprint density at radius 3 is 2.23 bits per heavy atom. The van der Waals surface area contributed by atoms with Crippen LogP contribution in [0.2, 0.25) is 0 Å². The third kappa shape index (κ3) is 5.04. The maximum absolute atomic E-state index is 13.1. The van der Waals surface area contributed by atoms with Gasteiger partial charge in [-0.2, -0.15) is 0 Å². The highest BCUT2D eigenvalue weighted by Gasteiger charge is 2.19. The summed E-state index contributed by atoms with van der Waals surface area (Å²) < 4.78 is 28.9. The fourth-order valence-electron chi connectivity index (χ4n) is 2.87. The SMILES string of the molecule is CSc1ccc(S(=O)(=O)Nc2ccccc2-c2ccccc2)cc1NC(=O)C(C)C. The van der Waals surface area contributed by atoms with Crippen LogP contribution in [0.25, 0.3) is 11.1 Å². The van der Waals surface area contributed by atoms with E-state index in [1.54, 1.807) is 38.1 Å². The van der Waals surface area contributed by atoms with E-state index < -0.39 is 10.0 Å². The molecule has 2 N–H and O–H groups in total. The Morgan fingerprint density at radius 2 is 1.57 bits per heavy atom. The van der Waals surface area contributed by atoms with E-state index in [1.165, 1.54) is 17.8 Å². The minimum absolute atomic E-state index is 0.0854. The topological polar surface area (TPSA) is 75.3 Å². The normalized spacial score (nSPS) is 11.3. The number of hydrogen-bond donors (Lipinski definition) is 2. The Balaban J connectivity index is 1.97. The van der Waals surface area contributed by atoms with Crippen LogP contribution in [0.3, 0.4) is 0 Å². The van der Waals surface area contributed by atoms with Crippen LogP contribution in [0, 0.1) is 5.92 Å². The van der Waals surface area contributed by atoms with Crippen molar-refractivity contribution in [2.24, 2.45) is 5.92 Å². The van der Waals surface area contributed by atoms with E-state index >= 15 is 0 Å². The van der Waals surface area contributed by atoms with E-state index in [0.717, 1.165) is 16.0 Å². The Hall–Kier alpha value is -2.77. The van der Waals surface area contributed by atoms with E-state index in [0.29, 0.717) is 11.4 Å². The molecule has 3 aromatic carbocycles. The zero-order chi connectivity index (χ0) is 21.7. The first kappa shape index (κ1) is 21.9. The van der Waals surface area contributed by atoms with Crippen molar-refractivity contribution in [3.63, 3.8) is 0 Å². The average molecular weight is 441 g/mol. The monoisotopic (exact) mass is 440 g/mol. The average Bonchev–Trinajstić information content (AvgIpc) is 2.74. The number of rotatable bonds is 7. The summed E-state index contributed by atoms with van der Waals surface area (Å²) in [5.41, 5.74) is 2.68. The molecule has 0 atom stereocenters. The van der Waals surface area contributed by atoms with E-state index in [-0.39, 0.29) is 16.7 Å². The maximum Gasteiger partial charge on any atom is 0.261 e. The lowest BCUT2D eigenvalue weighted by molar-refractivity contribution is -0.118. The molecule has 0 unspecified atom stereocenters.